The molecule has 1 aliphatic rings. The zero-order valence-corrected chi connectivity index (χ0v) is 13.0. The van der Waals surface area contributed by atoms with Crippen molar-refractivity contribution in [2.24, 2.45) is 11.1 Å². The number of methoxy groups -OCH3 is 1. The van der Waals surface area contributed by atoms with Gasteiger partial charge in [-0.15, -0.1) is 0 Å². The smallest absolute Gasteiger partial charge is 0.228 e. The second-order valence-electron chi connectivity index (χ2n) is 6.22. The maximum atomic E-state index is 12.2. The van der Waals surface area contributed by atoms with Gasteiger partial charge in [-0.2, -0.15) is 0 Å². The molecular weight excluding hydrogens is 258 g/mol. The van der Waals surface area contributed by atoms with Gasteiger partial charge in [0.25, 0.3) is 0 Å². The van der Waals surface area contributed by atoms with Gasteiger partial charge in [-0.3, -0.25) is 9.59 Å². The topological polar surface area (TPSA) is 75.9 Å². The van der Waals surface area contributed by atoms with E-state index in [9.17, 15) is 9.59 Å². The Kier molecular flexibility index (Phi) is 5.95. The molecule has 6 heteroatoms. The van der Waals surface area contributed by atoms with E-state index in [-0.39, 0.29) is 23.3 Å². The fraction of sp³-hybridized carbons (Fsp3) is 0.857. The van der Waals surface area contributed by atoms with E-state index in [2.05, 4.69) is 0 Å². The van der Waals surface area contributed by atoms with Crippen molar-refractivity contribution in [1.29, 1.82) is 0 Å². The first-order valence-electron chi connectivity index (χ1n) is 7.09. The second kappa shape index (κ2) is 7.04. The lowest BCUT2D eigenvalue weighted by atomic mass is 9.94. The number of nitrogens with zero attached hydrogens (tertiary/aromatic N) is 2. The van der Waals surface area contributed by atoms with Gasteiger partial charge >= 0.3 is 0 Å². The maximum absolute atomic E-state index is 12.2. The molecule has 1 rings (SSSR count). The summed E-state index contributed by atoms with van der Waals surface area (Å²) in [5.41, 5.74) is 5.15. The molecule has 1 saturated heterocycles. The van der Waals surface area contributed by atoms with Gasteiger partial charge in [-0.05, 0) is 0 Å². The third kappa shape index (κ3) is 4.45. The van der Waals surface area contributed by atoms with E-state index < -0.39 is 0 Å². The van der Waals surface area contributed by atoms with Gasteiger partial charge in [0.05, 0.1) is 12.5 Å². The third-order valence-electron chi connectivity index (χ3n) is 3.56. The van der Waals surface area contributed by atoms with Crippen molar-refractivity contribution in [3.05, 3.63) is 0 Å². The summed E-state index contributed by atoms with van der Waals surface area (Å²) in [6, 6.07) is 0. The molecule has 1 atom stereocenters. The van der Waals surface area contributed by atoms with E-state index >= 15 is 0 Å². The minimum absolute atomic E-state index is 0.0464. The van der Waals surface area contributed by atoms with Crippen LogP contribution in [0.4, 0.5) is 0 Å². The van der Waals surface area contributed by atoms with Crippen LogP contribution in [0, 0.1) is 5.41 Å². The maximum Gasteiger partial charge on any atom is 0.228 e. The molecule has 0 aliphatic carbocycles. The quantitative estimate of drug-likeness (QED) is 0.793. The Morgan fingerprint density at radius 3 is 2.05 bits per heavy atom. The van der Waals surface area contributed by atoms with Crippen molar-refractivity contribution in [3.8, 4) is 0 Å². The lowest BCUT2D eigenvalue weighted by Gasteiger charge is -2.38. The molecule has 1 aliphatic heterocycles. The Bertz CT molecular complexity index is 340. The summed E-state index contributed by atoms with van der Waals surface area (Å²) in [6.07, 6.45) is 0.0805. The first-order valence-corrected chi connectivity index (χ1v) is 7.09. The molecule has 1 fully saturated rings. The molecule has 0 bridgehead atoms. The number of piperazine rings is 1. The van der Waals surface area contributed by atoms with Gasteiger partial charge < -0.3 is 20.3 Å². The predicted octanol–water partition coefficient (Wildman–Crippen LogP) is 0.0671. The van der Waals surface area contributed by atoms with Crippen LogP contribution >= 0.6 is 0 Å². The number of amides is 2. The fourth-order valence-electron chi connectivity index (χ4n) is 2.22. The molecule has 20 heavy (non-hydrogen) atoms. The van der Waals surface area contributed by atoms with Crippen LogP contribution < -0.4 is 5.73 Å². The highest BCUT2D eigenvalue weighted by molar-refractivity contribution is 5.82. The molecule has 0 radical (unpaired) electrons. The molecule has 0 aromatic rings. The van der Waals surface area contributed by atoms with Gasteiger partial charge in [0.2, 0.25) is 11.8 Å². The molecule has 0 aromatic carbocycles. The Morgan fingerprint density at radius 1 is 1.15 bits per heavy atom. The minimum Gasteiger partial charge on any atom is -0.380 e. The summed E-state index contributed by atoms with van der Waals surface area (Å²) in [5.74, 6) is 0.187. The number of carbonyl (C=O) groups excluding carboxylic acids is 2. The minimum atomic E-state index is -0.368. The van der Waals surface area contributed by atoms with Gasteiger partial charge in [-0.1, -0.05) is 20.8 Å². The number of nitrogens with two attached hydrogens (primary N) is 1. The Balaban J connectivity index is 2.46. The Labute approximate surface area is 121 Å². The molecule has 6 nitrogen and oxygen atoms in total. The zero-order chi connectivity index (χ0) is 15.3. The lowest BCUT2D eigenvalue weighted by Crippen LogP contribution is -2.53. The highest BCUT2D eigenvalue weighted by atomic mass is 16.5. The summed E-state index contributed by atoms with van der Waals surface area (Å²) in [7, 11) is 1.56. The van der Waals surface area contributed by atoms with Crippen LogP contribution in [0.2, 0.25) is 0 Å². The van der Waals surface area contributed by atoms with Gasteiger partial charge in [0.1, 0.15) is 0 Å². The molecular formula is C14H27N3O3. The van der Waals surface area contributed by atoms with Crippen LogP contribution in [0.1, 0.15) is 27.2 Å². The van der Waals surface area contributed by atoms with E-state index in [1.54, 1.807) is 12.0 Å². The average Bonchev–Trinajstić information content (AvgIpc) is 2.42. The molecule has 116 valence electrons. The van der Waals surface area contributed by atoms with Crippen LogP contribution in [-0.2, 0) is 14.3 Å². The molecule has 1 unspecified atom stereocenters. The van der Waals surface area contributed by atoms with Crippen molar-refractivity contribution in [1.82, 2.24) is 9.80 Å². The highest BCUT2D eigenvalue weighted by Crippen LogP contribution is 2.18. The fourth-order valence-corrected chi connectivity index (χ4v) is 2.22. The molecule has 2 N–H and O–H groups in total. The monoisotopic (exact) mass is 285 g/mol. The van der Waals surface area contributed by atoms with Crippen molar-refractivity contribution in [3.63, 3.8) is 0 Å². The van der Waals surface area contributed by atoms with E-state index in [0.717, 1.165) is 0 Å². The lowest BCUT2D eigenvalue weighted by molar-refractivity contribution is -0.145. The number of ether oxygens (including phenoxy) is 1. The van der Waals surface area contributed by atoms with E-state index in [0.29, 0.717) is 39.1 Å². The third-order valence-corrected chi connectivity index (χ3v) is 3.56. The average molecular weight is 285 g/mol. The van der Waals surface area contributed by atoms with Crippen molar-refractivity contribution < 1.29 is 14.3 Å². The number of hydrogen-bond acceptors (Lipinski definition) is 4. The number of rotatable bonds is 4. The van der Waals surface area contributed by atoms with Crippen LogP contribution in [0.25, 0.3) is 0 Å². The largest absolute Gasteiger partial charge is 0.380 e. The van der Waals surface area contributed by atoms with Crippen molar-refractivity contribution >= 4 is 11.8 Å². The highest BCUT2D eigenvalue weighted by Gasteiger charge is 2.31. The van der Waals surface area contributed by atoms with E-state index in [4.69, 9.17) is 10.5 Å². The normalized spacial score (nSPS) is 18.1. The first kappa shape index (κ1) is 16.9. The molecule has 0 saturated carbocycles. The van der Waals surface area contributed by atoms with Crippen LogP contribution in [0.3, 0.4) is 0 Å². The summed E-state index contributed by atoms with van der Waals surface area (Å²) in [6.45, 7) is 8.45. The number of carbonyl (C=O) groups is 2. The Morgan fingerprint density at radius 2 is 1.65 bits per heavy atom. The van der Waals surface area contributed by atoms with Crippen molar-refractivity contribution in [2.45, 2.75) is 33.3 Å². The molecule has 0 spiro atoms. The van der Waals surface area contributed by atoms with Gasteiger partial charge in [0, 0.05) is 45.2 Å². The predicted molar refractivity (Wildman–Crippen MR) is 77.1 cm³/mol. The molecule has 2 amide bonds. The SMILES string of the molecule is COC(CN)CC(=O)N1CCN(C(=O)C(C)(C)C)CC1. The van der Waals surface area contributed by atoms with Crippen molar-refractivity contribution in [2.75, 3.05) is 39.8 Å². The number of hydrogen-bond donors (Lipinski definition) is 1. The summed E-state index contributed by atoms with van der Waals surface area (Å²) < 4.78 is 5.13. The second-order valence-corrected chi connectivity index (χ2v) is 6.22. The van der Waals surface area contributed by atoms with Gasteiger partial charge in [-0.25, -0.2) is 0 Å². The van der Waals surface area contributed by atoms with E-state index in [1.807, 2.05) is 25.7 Å². The van der Waals surface area contributed by atoms with Crippen LogP contribution in [-0.4, -0.2) is 67.6 Å². The standard InChI is InChI=1S/C14H27N3O3/c1-14(2,3)13(19)17-7-5-16(6-8-17)12(18)9-11(10-15)20-4/h11H,5-10,15H2,1-4H3. The van der Waals surface area contributed by atoms with Crippen LogP contribution in [0.5, 0.6) is 0 Å². The summed E-state index contributed by atoms with van der Waals surface area (Å²) >= 11 is 0. The van der Waals surface area contributed by atoms with E-state index in [1.165, 1.54) is 0 Å². The molecule has 0 aromatic heterocycles. The zero-order valence-electron chi connectivity index (χ0n) is 13.0. The van der Waals surface area contributed by atoms with Gasteiger partial charge in [0.15, 0.2) is 0 Å². The van der Waals surface area contributed by atoms with Crippen LogP contribution in [0.15, 0.2) is 0 Å². The summed E-state index contributed by atoms with van der Waals surface area (Å²) in [4.78, 5) is 27.9. The first-order chi connectivity index (χ1) is 9.29. The molecule has 1 heterocycles. The summed E-state index contributed by atoms with van der Waals surface area (Å²) in [5, 5.41) is 0. The Hall–Kier alpha value is -1.14.